The van der Waals surface area contributed by atoms with E-state index in [1.807, 2.05) is 56.3 Å². The van der Waals surface area contributed by atoms with Gasteiger partial charge in [0.15, 0.2) is 0 Å². The fourth-order valence-electron chi connectivity index (χ4n) is 3.86. The van der Waals surface area contributed by atoms with Crippen LogP contribution in [0.15, 0.2) is 73.3 Å². The van der Waals surface area contributed by atoms with E-state index >= 15 is 0 Å². The zero-order valence-electron chi connectivity index (χ0n) is 17.9. The summed E-state index contributed by atoms with van der Waals surface area (Å²) >= 11 is 0. The summed E-state index contributed by atoms with van der Waals surface area (Å²) in [7, 11) is 0. The third kappa shape index (κ3) is 4.17. The molecule has 0 spiro atoms. The fourth-order valence-corrected chi connectivity index (χ4v) is 3.86. The number of carbonyl (C=O) groups is 2. The van der Waals surface area contributed by atoms with E-state index in [1.165, 1.54) is 0 Å². The monoisotopic (exact) mass is 414 g/mol. The smallest absolute Gasteiger partial charge is 0.236 e. The Bertz CT molecular complexity index is 1160. The van der Waals surface area contributed by atoms with Crippen LogP contribution in [-0.4, -0.2) is 25.0 Å². The van der Waals surface area contributed by atoms with E-state index in [9.17, 15) is 9.59 Å². The average molecular weight is 415 g/mol. The van der Waals surface area contributed by atoms with E-state index in [4.69, 9.17) is 4.74 Å². The summed E-state index contributed by atoms with van der Waals surface area (Å²) in [5, 5.41) is 5.14. The Morgan fingerprint density at radius 3 is 2.74 bits per heavy atom. The minimum Gasteiger partial charge on any atom is -0.490 e. The lowest BCUT2D eigenvalue weighted by atomic mass is 9.93. The molecule has 0 unspecified atom stereocenters. The highest BCUT2D eigenvalue weighted by Crippen LogP contribution is 2.38. The van der Waals surface area contributed by atoms with Crippen molar-refractivity contribution < 1.29 is 14.3 Å². The first-order chi connectivity index (χ1) is 14.9. The molecule has 0 bridgehead atoms. The number of hydrogen-bond acceptors (Lipinski definition) is 3. The Balaban J connectivity index is 1.59. The third-order valence-corrected chi connectivity index (χ3v) is 5.49. The molecule has 3 aromatic carbocycles. The van der Waals surface area contributed by atoms with E-state index in [-0.39, 0.29) is 18.2 Å². The van der Waals surface area contributed by atoms with Crippen LogP contribution in [0.2, 0.25) is 0 Å². The number of hydrogen-bond donors (Lipinski definition) is 1. The number of nitrogens with one attached hydrogen (secondary N) is 1. The van der Waals surface area contributed by atoms with Gasteiger partial charge >= 0.3 is 0 Å². The second-order valence-corrected chi connectivity index (χ2v) is 8.42. The lowest BCUT2D eigenvalue weighted by molar-refractivity contribution is -0.127. The summed E-state index contributed by atoms with van der Waals surface area (Å²) in [4.78, 5) is 27.5. The second-order valence-electron chi connectivity index (χ2n) is 8.42. The highest BCUT2D eigenvalue weighted by atomic mass is 16.5. The molecule has 31 heavy (non-hydrogen) atoms. The van der Waals surface area contributed by atoms with Gasteiger partial charge in [0, 0.05) is 12.2 Å². The van der Waals surface area contributed by atoms with Crippen LogP contribution in [0.1, 0.15) is 19.4 Å². The van der Waals surface area contributed by atoms with E-state index in [0.717, 1.165) is 16.3 Å². The zero-order chi connectivity index (χ0) is 22.0. The van der Waals surface area contributed by atoms with Gasteiger partial charge in [0.1, 0.15) is 12.4 Å². The molecule has 5 nitrogen and oxygen atoms in total. The first kappa shape index (κ1) is 20.7. The lowest BCUT2D eigenvalue weighted by Gasteiger charge is -2.27. The van der Waals surface area contributed by atoms with Gasteiger partial charge in [0.2, 0.25) is 11.8 Å². The molecule has 1 aliphatic heterocycles. The van der Waals surface area contributed by atoms with Gasteiger partial charge in [-0.3, -0.25) is 9.59 Å². The van der Waals surface area contributed by atoms with Crippen LogP contribution >= 0.6 is 0 Å². The van der Waals surface area contributed by atoms with Crippen LogP contribution in [-0.2, 0) is 16.0 Å². The minimum atomic E-state index is -0.653. The van der Waals surface area contributed by atoms with Gasteiger partial charge in [-0.2, -0.15) is 0 Å². The maximum Gasteiger partial charge on any atom is 0.236 e. The van der Waals surface area contributed by atoms with Crippen molar-refractivity contribution in [2.45, 2.75) is 20.3 Å². The molecule has 1 heterocycles. The number of ether oxygens (including phenoxy) is 1. The molecular formula is C26H26N2O3. The number of carbonyl (C=O) groups excluding carboxylic acids is 2. The number of fused-ring (bicyclic) bond motifs is 2. The van der Waals surface area contributed by atoms with E-state index < -0.39 is 5.41 Å². The SMILES string of the molecule is C=CCN1C(=O)C(C)(C)COc2ccc(NC(=O)Cc3cccc4ccccc34)cc21. The zero-order valence-corrected chi connectivity index (χ0v) is 17.9. The Morgan fingerprint density at radius 2 is 1.94 bits per heavy atom. The first-order valence-corrected chi connectivity index (χ1v) is 10.4. The predicted molar refractivity (Wildman–Crippen MR) is 125 cm³/mol. The molecule has 5 heteroatoms. The highest BCUT2D eigenvalue weighted by Gasteiger charge is 2.37. The van der Waals surface area contributed by atoms with Crippen molar-refractivity contribution in [1.82, 2.24) is 0 Å². The van der Waals surface area contributed by atoms with Crippen molar-refractivity contribution in [2.75, 3.05) is 23.4 Å². The van der Waals surface area contributed by atoms with Gasteiger partial charge in [-0.1, -0.05) is 48.5 Å². The Hall–Kier alpha value is -3.60. The molecule has 4 rings (SSSR count). The number of amides is 2. The van der Waals surface area contributed by atoms with Crippen LogP contribution in [0.25, 0.3) is 10.8 Å². The van der Waals surface area contributed by atoms with Crippen LogP contribution < -0.4 is 15.0 Å². The Kier molecular flexibility index (Phi) is 5.51. The molecule has 0 aliphatic carbocycles. The maximum absolute atomic E-state index is 13.0. The van der Waals surface area contributed by atoms with Crippen molar-refractivity contribution in [3.63, 3.8) is 0 Å². The van der Waals surface area contributed by atoms with Gasteiger partial charge in [-0.25, -0.2) is 0 Å². The molecule has 0 atom stereocenters. The molecule has 1 N–H and O–H groups in total. The summed E-state index contributed by atoms with van der Waals surface area (Å²) in [6.07, 6.45) is 1.95. The molecule has 0 saturated heterocycles. The summed E-state index contributed by atoms with van der Waals surface area (Å²) in [5.41, 5.74) is 1.58. The van der Waals surface area contributed by atoms with Gasteiger partial charge in [0.05, 0.1) is 17.5 Å². The van der Waals surface area contributed by atoms with Crippen molar-refractivity contribution in [1.29, 1.82) is 0 Å². The van der Waals surface area contributed by atoms with Crippen LogP contribution in [0.4, 0.5) is 11.4 Å². The van der Waals surface area contributed by atoms with Crippen LogP contribution in [0.5, 0.6) is 5.75 Å². The molecule has 0 fully saturated rings. The molecule has 0 aromatic heterocycles. The topological polar surface area (TPSA) is 58.6 Å². The molecule has 3 aromatic rings. The van der Waals surface area contributed by atoms with Crippen molar-refractivity contribution >= 4 is 34.0 Å². The second kappa shape index (κ2) is 8.26. The van der Waals surface area contributed by atoms with Gasteiger partial charge < -0.3 is 15.0 Å². The number of rotatable bonds is 5. The highest BCUT2D eigenvalue weighted by molar-refractivity contribution is 6.01. The molecular weight excluding hydrogens is 388 g/mol. The third-order valence-electron chi connectivity index (χ3n) is 5.49. The van der Waals surface area contributed by atoms with E-state index in [2.05, 4.69) is 11.9 Å². The number of benzene rings is 3. The van der Waals surface area contributed by atoms with Gasteiger partial charge in [-0.05, 0) is 48.4 Å². The number of anilines is 2. The molecule has 0 saturated carbocycles. The van der Waals surface area contributed by atoms with Crippen molar-refractivity contribution in [3.05, 3.63) is 78.9 Å². The fraction of sp³-hybridized carbons (Fsp3) is 0.231. The summed E-state index contributed by atoms with van der Waals surface area (Å²) in [6, 6.07) is 19.4. The summed E-state index contributed by atoms with van der Waals surface area (Å²) < 4.78 is 5.91. The maximum atomic E-state index is 13.0. The minimum absolute atomic E-state index is 0.0367. The van der Waals surface area contributed by atoms with E-state index in [0.29, 0.717) is 30.3 Å². The quantitative estimate of drug-likeness (QED) is 0.601. The lowest BCUT2D eigenvalue weighted by Crippen LogP contribution is -2.42. The summed E-state index contributed by atoms with van der Waals surface area (Å²) in [5.74, 6) is 0.464. The van der Waals surface area contributed by atoms with Gasteiger partial charge in [0.25, 0.3) is 0 Å². The van der Waals surface area contributed by atoms with Gasteiger partial charge in [-0.15, -0.1) is 6.58 Å². The standard InChI is InChI=1S/C26H26N2O3/c1-4-14-28-22-16-20(12-13-23(22)31-17-26(2,3)25(28)30)27-24(29)15-19-10-7-9-18-8-5-6-11-21(18)19/h4-13,16H,1,14-15,17H2,2-3H3,(H,27,29). The molecule has 0 radical (unpaired) electrons. The number of nitrogens with zero attached hydrogens (tertiary/aromatic N) is 1. The first-order valence-electron chi connectivity index (χ1n) is 10.4. The Morgan fingerprint density at radius 1 is 1.16 bits per heavy atom. The Labute approximate surface area is 182 Å². The largest absolute Gasteiger partial charge is 0.490 e. The summed E-state index contributed by atoms with van der Waals surface area (Å²) in [6.45, 7) is 8.17. The van der Waals surface area contributed by atoms with Crippen LogP contribution in [0.3, 0.4) is 0 Å². The molecule has 2 amide bonds. The molecule has 158 valence electrons. The van der Waals surface area contributed by atoms with Crippen molar-refractivity contribution in [2.24, 2.45) is 5.41 Å². The van der Waals surface area contributed by atoms with Crippen LogP contribution in [0, 0.1) is 5.41 Å². The van der Waals surface area contributed by atoms with E-state index in [1.54, 1.807) is 29.2 Å². The average Bonchev–Trinajstić information content (AvgIpc) is 2.84. The van der Waals surface area contributed by atoms with Crippen molar-refractivity contribution in [3.8, 4) is 5.75 Å². The normalized spacial score (nSPS) is 15.0. The molecule has 1 aliphatic rings. The predicted octanol–water partition coefficient (Wildman–Crippen LogP) is 4.96.